The molecule has 184 valence electrons. The van der Waals surface area contributed by atoms with E-state index in [-0.39, 0.29) is 23.8 Å². The molecule has 0 spiro atoms. The zero-order chi connectivity index (χ0) is 24.5. The second-order valence-corrected chi connectivity index (χ2v) is 10.9. The topological polar surface area (TPSA) is 71.8 Å². The maximum atomic E-state index is 12.5. The Bertz CT molecular complexity index is 1050. The summed E-state index contributed by atoms with van der Waals surface area (Å²) in [4.78, 5) is 26.6. The van der Waals surface area contributed by atoms with Gasteiger partial charge >= 0.3 is 6.09 Å². The molecule has 1 aliphatic heterocycles. The van der Waals surface area contributed by atoms with E-state index in [4.69, 9.17) is 4.74 Å². The minimum atomic E-state index is -0.853. The highest BCUT2D eigenvalue weighted by Gasteiger charge is 2.33. The minimum absolute atomic E-state index is 0.0455. The Balaban J connectivity index is 0.000000620. The summed E-state index contributed by atoms with van der Waals surface area (Å²) >= 11 is 0. The largest absolute Gasteiger partial charge is 0.446 e. The molecule has 1 N–H and O–H groups in total. The molecular weight excluding hydrogens is 428 g/mol. The third-order valence-electron chi connectivity index (χ3n) is 6.87. The highest BCUT2D eigenvalue weighted by molar-refractivity contribution is 5.69. The minimum Gasteiger partial charge on any atom is -0.446 e. The number of ether oxygens (including phenoxy) is 1. The smallest absolute Gasteiger partial charge is 0.410 e. The first kappa shape index (κ1) is 24.5. The number of cyclic esters (lactones) is 1. The van der Waals surface area contributed by atoms with E-state index in [1.54, 1.807) is 24.8 Å². The maximum absolute atomic E-state index is 12.5. The molecule has 1 aromatic heterocycles. The number of pyridine rings is 1. The van der Waals surface area contributed by atoms with Crippen LogP contribution in [0.5, 0.6) is 0 Å². The maximum Gasteiger partial charge on any atom is 0.410 e. The number of nitrogens with zero attached hydrogens (tertiary/aromatic N) is 2. The fraction of sp³-hybridized carbons (Fsp3) is 0.571. The molecule has 3 aliphatic rings. The molecule has 0 bridgehead atoms. The van der Waals surface area contributed by atoms with E-state index in [0.29, 0.717) is 25.4 Å². The molecule has 2 unspecified atom stereocenters. The Labute approximate surface area is 202 Å². The van der Waals surface area contributed by atoms with Crippen LogP contribution in [0.3, 0.4) is 0 Å². The molecule has 34 heavy (non-hydrogen) atoms. The number of aliphatic hydroxyl groups is 1. The molecule has 2 saturated carbocycles. The van der Waals surface area contributed by atoms with Crippen molar-refractivity contribution in [3.63, 3.8) is 0 Å². The van der Waals surface area contributed by atoms with Crippen LogP contribution in [0, 0.1) is 5.92 Å². The molecule has 2 aliphatic carbocycles. The van der Waals surface area contributed by atoms with Crippen molar-refractivity contribution in [3.8, 4) is 11.1 Å². The monoisotopic (exact) mass is 466 g/mol. The average Bonchev–Trinajstić information content (AvgIpc) is 3.70. The van der Waals surface area contributed by atoms with Crippen LogP contribution in [0.1, 0.15) is 83.9 Å². The van der Waals surface area contributed by atoms with Gasteiger partial charge in [0, 0.05) is 37.7 Å². The van der Waals surface area contributed by atoms with Gasteiger partial charge in [-0.1, -0.05) is 44.0 Å². The van der Waals surface area contributed by atoms with Crippen molar-refractivity contribution in [2.24, 2.45) is 5.92 Å². The number of rotatable bonds is 6. The van der Waals surface area contributed by atoms with Crippen molar-refractivity contribution in [3.05, 3.63) is 58.5 Å². The lowest BCUT2D eigenvalue weighted by atomic mass is 9.97. The van der Waals surface area contributed by atoms with Gasteiger partial charge in [-0.15, -0.1) is 0 Å². The summed E-state index contributed by atoms with van der Waals surface area (Å²) in [6.07, 6.45) is 7.59. The molecule has 6 nitrogen and oxygen atoms in total. The Morgan fingerprint density at radius 3 is 2.18 bits per heavy atom. The molecule has 2 aromatic rings. The number of hydrogen-bond donors (Lipinski definition) is 1. The van der Waals surface area contributed by atoms with Gasteiger partial charge in [-0.05, 0) is 62.3 Å². The number of carbonyl (C=O) groups excluding carboxylic acids is 1. The molecule has 2 atom stereocenters. The molecule has 1 amide bonds. The lowest BCUT2D eigenvalue weighted by Crippen LogP contribution is -2.45. The van der Waals surface area contributed by atoms with Crippen molar-refractivity contribution in [2.45, 2.75) is 90.0 Å². The van der Waals surface area contributed by atoms with Crippen molar-refractivity contribution in [1.82, 2.24) is 9.47 Å². The summed E-state index contributed by atoms with van der Waals surface area (Å²) < 4.78 is 7.36. The van der Waals surface area contributed by atoms with Crippen LogP contribution in [0.15, 0.2) is 47.4 Å². The lowest BCUT2D eigenvalue weighted by Gasteiger charge is -2.37. The first-order chi connectivity index (χ1) is 16.1. The van der Waals surface area contributed by atoms with Gasteiger partial charge in [0.2, 0.25) is 0 Å². The molecule has 1 aromatic carbocycles. The van der Waals surface area contributed by atoms with Crippen molar-refractivity contribution < 1.29 is 14.6 Å². The summed E-state index contributed by atoms with van der Waals surface area (Å²) in [7, 11) is 0. The van der Waals surface area contributed by atoms with Gasteiger partial charge in [-0.2, -0.15) is 0 Å². The average molecular weight is 467 g/mol. The zero-order valence-electron chi connectivity index (χ0n) is 20.9. The van der Waals surface area contributed by atoms with Gasteiger partial charge in [0.15, 0.2) is 0 Å². The predicted octanol–water partition coefficient (Wildman–Crippen LogP) is 5.70. The molecule has 1 saturated heterocycles. The fourth-order valence-corrected chi connectivity index (χ4v) is 4.32. The summed E-state index contributed by atoms with van der Waals surface area (Å²) in [5.74, 6) is 1.08. The standard InChI is InChI=1S/C24H30N2O4.C4H8/c1-16(25-13-11-21(30-23(25)28)15-24(2,3)29)17-4-6-18(7-5-17)19-10-12-26(20-8-9-20)22(27)14-19;1-4-2-3-4/h4-7,10,12,14,16,20-21,29H,8-9,11,13,15H2,1-3H3;4H,2-3H2,1H3. The van der Waals surface area contributed by atoms with E-state index in [1.807, 2.05) is 48.0 Å². The first-order valence-corrected chi connectivity index (χ1v) is 12.6. The number of benzene rings is 1. The summed E-state index contributed by atoms with van der Waals surface area (Å²) in [5, 5.41) is 9.97. The van der Waals surface area contributed by atoms with Crippen LogP contribution in [-0.2, 0) is 4.74 Å². The van der Waals surface area contributed by atoms with Gasteiger partial charge in [-0.3, -0.25) is 4.79 Å². The predicted molar refractivity (Wildman–Crippen MR) is 134 cm³/mol. The van der Waals surface area contributed by atoms with Crippen LogP contribution < -0.4 is 5.56 Å². The highest BCUT2D eigenvalue weighted by Crippen LogP contribution is 2.34. The van der Waals surface area contributed by atoms with Gasteiger partial charge in [0.25, 0.3) is 5.56 Å². The van der Waals surface area contributed by atoms with Crippen molar-refractivity contribution in [2.75, 3.05) is 6.54 Å². The van der Waals surface area contributed by atoms with Crippen LogP contribution in [0.2, 0.25) is 0 Å². The lowest BCUT2D eigenvalue weighted by molar-refractivity contribution is -0.0309. The number of aromatic nitrogens is 1. The second kappa shape index (κ2) is 9.95. The third-order valence-corrected chi connectivity index (χ3v) is 6.87. The van der Waals surface area contributed by atoms with Crippen LogP contribution in [-0.4, -0.2) is 38.9 Å². The Hall–Kier alpha value is -2.60. The number of amides is 1. The van der Waals surface area contributed by atoms with Crippen molar-refractivity contribution >= 4 is 6.09 Å². The number of carbonyl (C=O) groups is 1. The van der Waals surface area contributed by atoms with Crippen LogP contribution in [0.4, 0.5) is 4.79 Å². The van der Waals surface area contributed by atoms with Gasteiger partial charge < -0.3 is 19.3 Å². The number of hydrogen-bond acceptors (Lipinski definition) is 4. The summed E-state index contributed by atoms with van der Waals surface area (Å²) in [5.41, 5.74) is 2.10. The molecule has 5 rings (SSSR count). The molecule has 2 heterocycles. The summed E-state index contributed by atoms with van der Waals surface area (Å²) in [6, 6.07) is 11.9. The van der Waals surface area contributed by atoms with Gasteiger partial charge in [0.1, 0.15) is 6.10 Å². The molecular formula is C28H38N2O4. The van der Waals surface area contributed by atoms with Crippen LogP contribution >= 0.6 is 0 Å². The second-order valence-electron chi connectivity index (χ2n) is 10.9. The SMILES string of the molecule is CC(c1ccc(-c2ccn(C3CC3)c(=O)c2)cc1)N1CCC(CC(C)(C)O)OC1=O.CC1CC1. The van der Waals surface area contributed by atoms with E-state index in [9.17, 15) is 14.7 Å². The van der Waals surface area contributed by atoms with E-state index in [2.05, 4.69) is 6.92 Å². The van der Waals surface area contributed by atoms with Crippen molar-refractivity contribution in [1.29, 1.82) is 0 Å². The van der Waals surface area contributed by atoms with Gasteiger partial charge in [0.05, 0.1) is 11.6 Å². The normalized spacial score (nSPS) is 21.4. The summed E-state index contributed by atoms with van der Waals surface area (Å²) in [6.45, 7) is 8.32. The molecule has 3 fully saturated rings. The molecule has 0 radical (unpaired) electrons. The van der Waals surface area contributed by atoms with E-state index in [1.165, 1.54) is 12.8 Å². The van der Waals surface area contributed by atoms with E-state index < -0.39 is 5.60 Å². The Morgan fingerprint density at radius 2 is 1.68 bits per heavy atom. The highest BCUT2D eigenvalue weighted by atomic mass is 16.6. The quantitative estimate of drug-likeness (QED) is 0.593. The van der Waals surface area contributed by atoms with E-state index in [0.717, 1.165) is 35.4 Å². The van der Waals surface area contributed by atoms with Gasteiger partial charge in [-0.25, -0.2) is 4.79 Å². The third kappa shape index (κ3) is 6.50. The zero-order valence-corrected chi connectivity index (χ0v) is 20.9. The first-order valence-electron chi connectivity index (χ1n) is 12.6. The van der Waals surface area contributed by atoms with E-state index >= 15 is 0 Å². The fourth-order valence-electron chi connectivity index (χ4n) is 4.32. The van der Waals surface area contributed by atoms with Crippen LogP contribution in [0.25, 0.3) is 11.1 Å². The molecule has 6 heteroatoms. The Kier molecular flexibility index (Phi) is 7.17. The Morgan fingerprint density at radius 1 is 1.03 bits per heavy atom.